The van der Waals surface area contributed by atoms with Crippen molar-refractivity contribution in [3.8, 4) is 11.6 Å². The number of halogens is 2. The summed E-state index contributed by atoms with van der Waals surface area (Å²) in [5.74, 6) is -0.294. The van der Waals surface area contributed by atoms with Crippen LogP contribution in [0.4, 0.5) is 0 Å². The zero-order valence-corrected chi connectivity index (χ0v) is 20.5. The molecular weight excluding hydrogens is 508 g/mol. The molecule has 6 nitrogen and oxygen atoms in total. The molecule has 1 saturated carbocycles. The molecule has 0 amide bonds. The van der Waals surface area contributed by atoms with Gasteiger partial charge in [-0.1, -0.05) is 70.0 Å². The molecule has 5 rings (SSSR count). The van der Waals surface area contributed by atoms with E-state index >= 15 is 0 Å². The van der Waals surface area contributed by atoms with Crippen LogP contribution in [0.1, 0.15) is 22.6 Å². The summed E-state index contributed by atoms with van der Waals surface area (Å²) < 4.78 is 13.1. The van der Waals surface area contributed by atoms with Gasteiger partial charge in [0.2, 0.25) is 5.88 Å². The average Bonchev–Trinajstić information content (AvgIpc) is 3.18. The third-order valence-corrected chi connectivity index (χ3v) is 7.62. The minimum Gasteiger partial charge on any atom is -0.481 e. The smallest absolute Gasteiger partial charge is 0.224 e. The van der Waals surface area contributed by atoms with Crippen molar-refractivity contribution in [3.63, 3.8) is 0 Å². The Balaban J connectivity index is 1.87. The summed E-state index contributed by atoms with van der Waals surface area (Å²) in [7, 11) is 3.29. The summed E-state index contributed by atoms with van der Waals surface area (Å²) in [6.45, 7) is 0.462. The van der Waals surface area contributed by atoms with Gasteiger partial charge >= 0.3 is 0 Å². The molecule has 0 radical (unpaired) electrons. The molecule has 1 fully saturated rings. The topological polar surface area (TPSA) is 83.8 Å². The molecule has 5 atom stereocenters. The first kappa shape index (κ1) is 22.6. The molecule has 0 spiro atoms. The number of rotatable bonds is 5. The number of ether oxygens (including phenoxy) is 2. The van der Waals surface area contributed by atoms with E-state index in [0.717, 1.165) is 15.6 Å². The van der Waals surface area contributed by atoms with Gasteiger partial charge in [0, 0.05) is 28.9 Å². The molecule has 1 aromatic heterocycles. The number of hydrogen-bond acceptors (Lipinski definition) is 6. The molecule has 3 N–H and O–H groups in total. The fourth-order valence-corrected chi connectivity index (χ4v) is 6.15. The number of nitrogens with zero attached hydrogens (tertiary/aromatic N) is 1. The monoisotopic (exact) mass is 530 g/mol. The molecule has 5 unspecified atom stereocenters. The number of benzene rings is 2. The Bertz CT molecular complexity index is 1180. The van der Waals surface area contributed by atoms with Crippen LogP contribution in [0.5, 0.6) is 11.6 Å². The van der Waals surface area contributed by atoms with E-state index in [4.69, 9.17) is 21.1 Å². The molecule has 0 bridgehead atoms. The summed E-state index contributed by atoms with van der Waals surface area (Å²) in [6.07, 6.45) is -1.18. The maximum Gasteiger partial charge on any atom is 0.224 e. The number of aromatic nitrogens is 1. The van der Waals surface area contributed by atoms with E-state index in [9.17, 15) is 10.2 Å². The molecule has 1 aliphatic carbocycles. The Labute approximate surface area is 205 Å². The van der Waals surface area contributed by atoms with Gasteiger partial charge < -0.3 is 25.0 Å². The van der Waals surface area contributed by atoms with Gasteiger partial charge in [0.05, 0.1) is 18.8 Å². The van der Waals surface area contributed by atoms with Gasteiger partial charge in [-0.25, -0.2) is 4.98 Å². The molecule has 1 aliphatic heterocycles. The van der Waals surface area contributed by atoms with Crippen LogP contribution in [-0.2, 0) is 11.2 Å². The first-order valence-corrected chi connectivity index (χ1v) is 11.9. The van der Waals surface area contributed by atoms with E-state index < -0.39 is 23.2 Å². The maximum atomic E-state index is 12.6. The largest absolute Gasteiger partial charge is 0.481 e. The minimum atomic E-state index is -1.85. The minimum absolute atomic E-state index is 0.134. The van der Waals surface area contributed by atoms with Crippen LogP contribution >= 0.6 is 27.5 Å². The number of fused-ring (bicyclic) bond motifs is 3. The van der Waals surface area contributed by atoms with Crippen molar-refractivity contribution in [1.29, 1.82) is 0 Å². The molecule has 2 heterocycles. The first-order valence-electron chi connectivity index (χ1n) is 10.7. The van der Waals surface area contributed by atoms with Gasteiger partial charge in [-0.3, -0.25) is 0 Å². The standard InChI is InChI=1S/C25H24BrClN2O4/c1-28-13-17-20(14-6-4-3-5-7-14)25(15-8-10-16(26)11-9-15)24(31,22(17)30)21-18(33-25)12-19(27)29-23(21)32-2/h3-12,17,20,22,28,30-31H,13H2,1-2H3. The second-order valence-corrected chi connectivity index (χ2v) is 9.80. The van der Waals surface area contributed by atoms with Crippen LogP contribution in [0.3, 0.4) is 0 Å². The molecule has 3 aromatic rings. The highest BCUT2D eigenvalue weighted by Crippen LogP contribution is 2.69. The number of nitrogens with one attached hydrogen (secondary N) is 1. The number of aliphatic hydroxyl groups is 2. The Kier molecular flexibility index (Phi) is 5.66. The number of aliphatic hydroxyl groups excluding tert-OH is 1. The van der Waals surface area contributed by atoms with Crippen molar-refractivity contribution < 1.29 is 19.7 Å². The second-order valence-electron chi connectivity index (χ2n) is 8.49. The van der Waals surface area contributed by atoms with Gasteiger partial charge in [0.1, 0.15) is 10.9 Å². The SMILES string of the molecule is CNCC1C(O)C2(O)c3c(cc(Cl)nc3OC)OC2(c2ccc(Br)cc2)C1c1ccccc1. The fourth-order valence-electron chi connectivity index (χ4n) is 5.71. The van der Waals surface area contributed by atoms with Gasteiger partial charge in [-0.15, -0.1) is 0 Å². The Morgan fingerprint density at radius 2 is 1.88 bits per heavy atom. The van der Waals surface area contributed by atoms with Gasteiger partial charge in [0.25, 0.3) is 0 Å². The van der Waals surface area contributed by atoms with E-state index in [2.05, 4.69) is 26.2 Å². The second kappa shape index (κ2) is 8.25. The quantitative estimate of drug-likeness (QED) is 0.432. The Morgan fingerprint density at radius 3 is 2.52 bits per heavy atom. The Hall–Kier alpha value is -2.16. The van der Waals surface area contributed by atoms with E-state index in [1.165, 1.54) is 7.11 Å². The third-order valence-electron chi connectivity index (χ3n) is 6.90. The predicted molar refractivity (Wildman–Crippen MR) is 129 cm³/mol. The van der Waals surface area contributed by atoms with Crippen molar-refractivity contribution in [3.05, 3.63) is 87.0 Å². The average molecular weight is 532 g/mol. The van der Waals surface area contributed by atoms with E-state index in [0.29, 0.717) is 17.9 Å². The van der Waals surface area contributed by atoms with Crippen LogP contribution in [0.15, 0.2) is 65.1 Å². The summed E-state index contributed by atoms with van der Waals surface area (Å²) >= 11 is 9.76. The van der Waals surface area contributed by atoms with Crippen molar-refractivity contribution in [2.75, 3.05) is 20.7 Å². The number of hydrogen-bond donors (Lipinski definition) is 3. The third kappa shape index (κ3) is 3.07. The predicted octanol–water partition coefficient (Wildman–Crippen LogP) is 3.98. The molecule has 0 saturated heterocycles. The maximum absolute atomic E-state index is 12.6. The van der Waals surface area contributed by atoms with Gasteiger partial charge in [-0.05, 0) is 30.3 Å². The molecule has 2 aliphatic rings. The van der Waals surface area contributed by atoms with E-state index in [1.54, 1.807) is 6.07 Å². The molecule has 172 valence electrons. The molecule has 2 aromatic carbocycles. The van der Waals surface area contributed by atoms with Crippen LogP contribution in [0.25, 0.3) is 0 Å². The summed E-state index contributed by atoms with van der Waals surface area (Å²) in [4.78, 5) is 4.28. The van der Waals surface area contributed by atoms with E-state index in [1.807, 2.05) is 61.6 Å². The van der Waals surface area contributed by atoms with Crippen LogP contribution in [-0.4, -0.2) is 42.0 Å². The van der Waals surface area contributed by atoms with Gasteiger partial charge in [0.15, 0.2) is 11.2 Å². The molecule has 33 heavy (non-hydrogen) atoms. The van der Waals surface area contributed by atoms with Gasteiger partial charge in [-0.2, -0.15) is 0 Å². The Morgan fingerprint density at radius 1 is 1.18 bits per heavy atom. The molecular formula is C25H24BrClN2O4. The normalized spacial score (nSPS) is 29.9. The van der Waals surface area contributed by atoms with Crippen molar-refractivity contribution >= 4 is 27.5 Å². The highest BCUT2D eigenvalue weighted by molar-refractivity contribution is 9.10. The van der Waals surface area contributed by atoms with Crippen LogP contribution in [0.2, 0.25) is 5.15 Å². The summed E-state index contributed by atoms with van der Waals surface area (Å²) in [5.41, 5.74) is -1.21. The van der Waals surface area contributed by atoms with Crippen molar-refractivity contribution in [2.24, 2.45) is 5.92 Å². The van der Waals surface area contributed by atoms with Crippen LogP contribution < -0.4 is 14.8 Å². The van der Waals surface area contributed by atoms with Crippen molar-refractivity contribution in [1.82, 2.24) is 10.3 Å². The lowest BCUT2D eigenvalue weighted by Crippen LogP contribution is -2.52. The zero-order chi connectivity index (χ0) is 23.4. The number of methoxy groups -OCH3 is 1. The highest BCUT2D eigenvalue weighted by atomic mass is 79.9. The van der Waals surface area contributed by atoms with Crippen molar-refractivity contribution in [2.45, 2.75) is 23.2 Å². The lowest BCUT2D eigenvalue weighted by atomic mass is 9.71. The zero-order valence-electron chi connectivity index (χ0n) is 18.1. The van der Waals surface area contributed by atoms with Crippen LogP contribution in [0, 0.1) is 5.92 Å². The fraction of sp³-hybridized carbons (Fsp3) is 0.320. The number of pyridine rings is 1. The lowest BCUT2D eigenvalue weighted by molar-refractivity contribution is -0.152. The van der Waals surface area contributed by atoms with E-state index in [-0.39, 0.29) is 17.0 Å². The highest BCUT2D eigenvalue weighted by Gasteiger charge is 2.76. The lowest BCUT2D eigenvalue weighted by Gasteiger charge is -2.41. The molecule has 8 heteroatoms. The summed E-state index contributed by atoms with van der Waals surface area (Å²) in [5, 5.41) is 27.7. The first-order chi connectivity index (χ1) is 15.9. The summed E-state index contributed by atoms with van der Waals surface area (Å²) in [6, 6.07) is 19.0.